The summed E-state index contributed by atoms with van der Waals surface area (Å²) in [7, 11) is 1.87. The van der Waals surface area contributed by atoms with Gasteiger partial charge in [-0.15, -0.1) is 12.4 Å². The number of nitrogens with zero attached hydrogens (tertiary/aromatic N) is 3. The van der Waals surface area contributed by atoms with Gasteiger partial charge in [-0.1, -0.05) is 0 Å². The van der Waals surface area contributed by atoms with Crippen molar-refractivity contribution in [1.29, 1.82) is 0 Å². The molecule has 0 aliphatic carbocycles. The SMILES string of the molecule is Cc1nn(C)c(C)c1C(=O)N1CCCCC1CN.Cl. The normalized spacial score (nSPS) is 19.2. The lowest BCUT2D eigenvalue weighted by Gasteiger charge is -2.35. The summed E-state index contributed by atoms with van der Waals surface area (Å²) >= 11 is 0. The number of aryl methyl sites for hydroxylation is 2. The van der Waals surface area contributed by atoms with Crippen molar-refractivity contribution in [3.05, 3.63) is 17.0 Å². The molecule has 1 aliphatic rings. The van der Waals surface area contributed by atoms with E-state index in [0.717, 1.165) is 42.8 Å². The summed E-state index contributed by atoms with van der Waals surface area (Å²) in [6, 6.07) is 0.185. The molecule has 0 saturated carbocycles. The Morgan fingerprint density at radius 3 is 2.63 bits per heavy atom. The lowest BCUT2D eigenvalue weighted by Crippen LogP contribution is -2.47. The molecule has 19 heavy (non-hydrogen) atoms. The molecule has 2 N–H and O–H groups in total. The molecule has 2 rings (SSSR count). The summed E-state index contributed by atoms with van der Waals surface area (Å²) in [5, 5.41) is 4.32. The van der Waals surface area contributed by atoms with Gasteiger partial charge in [0.1, 0.15) is 0 Å². The second kappa shape index (κ2) is 6.39. The maximum Gasteiger partial charge on any atom is 0.257 e. The second-order valence-electron chi connectivity index (χ2n) is 5.05. The summed E-state index contributed by atoms with van der Waals surface area (Å²) < 4.78 is 1.77. The topological polar surface area (TPSA) is 64.2 Å². The standard InChI is InChI=1S/C13H22N4O.ClH/c1-9-12(10(2)16(3)15-9)13(18)17-7-5-4-6-11(17)8-14;/h11H,4-8,14H2,1-3H3;1H. The third-order valence-corrected chi connectivity index (χ3v) is 3.88. The number of aromatic nitrogens is 2. The monoisotopic (exact) mass is 286 g/mol. The van der Waals surface area contributed by atoms with Gasteiger partial charge in [-0.25, -0.2) is 0 Å². The lowest BCUT2D eigenvalue weighted by molar-refractivity contribution is 0.0621. The van der Waals surface area contributed by atoms with Crippen molar-refractivity contribution in [1.82, 2.24) is 14.7 Å². The van der Waals surface area contributed by atoms with Crippen LogP contribution in [0.25, 0.3) is 0 Å². The van der Waals surface area contributed by atoms with E-state index in [9.17, 15) is 4.79 Å². The zero-order chi connectivity index (χ0) is 13.3. The van der Waals surface area contributed by atoms with Crippen LogP contribution in [-0.4, -0.2) is 39.7 Å². The van der Waals surface area contributed by atoms with E-state index in [1.165, 1.54) is 0 Å². The molecule has 0 radical (unpaired) electrons. The van der Waals surface area contributed by atoms with Crippen LogP contribution in [-0.2, 0) is 7.05 Å². The predicted molar refractivity (Wildman–Crippen MR) is 77.7 cm³/mol. The average molecular weight is 287 g/mol. The van der Waals surface area contributed by atoms with Crippen LogP contribution in [0.5, 0.6) is 0 Å². The number of carbonyl (C=O) groups is 1. The van der Waals surface area contributed by atoms with E-state index in [4.69, 9.17) is 5.73 Å². The Morgan fingerprint density at radius 2 is 2.11 bits per heavy atom. The molecule has 1 atom stereocenters. The summed E-state index contributed by atoms with van der Waals surface area (Å²) in [5.74, 6) is 0.0910. The average Bonchev–Trinajstić information content (AvgIpc) is 2.62. The van der Waals surface area contributed by atoms with Crippen molar-refractivity contribution in [2.24, 2.45) is 12.8 Å². The highest BCUT2D eigenvalue weighted by atomic mass is 35.5. The molecular weight excluding hydrogens is 264 g/mol. The summed E-state index contributed by atoms with van der Waals surface area (Å²) in [4.78, 5) is 14.6. The number of hydrogen-bond acceptors (Lipinski definition) is 3. The molecular formula is C13H23ClN4O. The molecule has 6 heteroatoms. The van der Waals surface area contributed by atoms with E-state index in [0.29, 0.717) is 6.54 Å². The summed E-state index contributed by atoms with van der Waals surface area (Å²) in [6.07, 6.45) is 3.25. The largest absolute Gasteiger partial charge is 0.334 e. The van der Waals surface area contributed by atoms with Gasteiger partial charge in [0.25, 0.3) is 5.91 Å². The second-order valence-corrected chi connectivity index (χ2v) is 5.05. The maximum absolute atomic E-state index is 12.6. The molecule has 0 aromatic carbocycles. The minimum absolute atomic E-state index is 0. The Morgan fingerprint density at radius 1 is 1.42 bits per heavy atom. The molecule has 2 heterocycles. The van der Waals surface area contributed by atoms with E-state index in [2.05, 4.69) is 5.10 Å². The number of nitrogens with two attached hydrogens (primary N) is 1. The highest BCUT2D eigenvalue weighted by Gasteiger charge is 2.29. The molecule has 0 spiro atoms. The van der Waals surface area contributed by atoms with Gasteiger partial charge >= 0.3 is 0 Å². The van der Waals surface area contributed by atoms with Crippen LogP contribution in [0.3, 0.4) is 0 Å². The number of halogens is 1. The van der Waals surface area contributed by atoms with E-state index in [1.807, 2.05) is 25.8 Å². The lowest BCUT2D eigenvalue weighted by atomic mass is 10.0. The predicted octanol–water partition coefficient (Wildman–Crippen LogP) is 1.41. The van der Waals surface area contributed by atoms with Crippen molar-refractivity contribution in [3.8, 4) is 0 Å². The zero-order valence-corrected chi connectivity index (χ0v) is 12.7. The molecule has 1 aromatic heterocycles. The number of piperidine rings is 1. The molecule has 5 nitrogen and oxygen atoms in total. The van der Waals surface area contributed by atoms with E-state index in [1.54, 1.807) is 4.68 Å². The summed E-state index contributed by atoms with van der Waals surface area (Å²) in [6.45, 7) is 5.19. The van der Waals surface area contributed by atoms with Crippen LogP contribution in [0, 0.1) is 13.8 Å². The Hall–Kier alpha value is -1.07. The highest BCUT2D eigenvalue weighted by Crippen LogP contribution is 2.22. The molecule has 1 fully saturated rings. The van der Waals surface area contributed by atoms with Gasteiger partial charge in [0, 0.05) is 31.9 Å². The summed E-state index contributed by atoms with van der Waals surface area (Å²) in [5.41, 5.74) is 8.26. The first-order valence-corrected chi connectivity index (χ1v) is 6.57. The van der Waals surface area contributed by atoms with Crippen molar-refractivity contribution < 1.29 is 4.79 Å². The molecule has 1 saturated heterocycles. The molecule has 1 unspecified atom stereocenters. The van der Waals surface area contributed by atoms with Gasteiger partial charge in [-0.3, -0.25) is 9.48 Å². The van der Waals surface area contributed by atoms with Crippen LogP contribution in [0.15, 0.2) is 0 Å². The van der Waals surface area contributed by atoms with Gasteiger partial charge in [0.05, 0.1) is 11.3 Å². The quantitative estimate of drug-likeness (QED) is 0.894. The van der Waals surface area contributed by atoms with Crippen molar-refractivity contribution in [3.63, 3.8) is 0 Å². The van der Waals surface area contributed by atoms with Crippen LogP contribution >= 0.6 is 12.4 Å². The van der Waals surface area contributed by atoms with Crippen molar-refractivity contribution >= 4 is 18.3 Å². The van der Waals surface area contributed by atoms with E-state index in [-0.39, 0.29) is 24.4 Å². The van der Waals surface area contributed by atoms with Crippen LogP contribution in [0.4, 0.5) is 0 Å². The van der Waals surface area contributed by atoms with E-state index < -0.39 is 0 Å². The first-order chi connectivity index (χ1) is 8.56. The fourth-order valence-electron chi connectivity index (χ4n) is 2.74. The van der Waals surface area contributed by atoms with Crippen LogP contribution < -0.4 is 5.73 Å². The third kappa shape index (κ3) is 2.92. The van der Waals surface area contributed by atoms with Gasteiger partial charge in [-0.2, -0.15) is 5.10 Å². The fraction of sp³-hybridized carbons (Fsp3) is 0.692. The first kappa shape index (κ1) is 16.0. The Kier molecular flexibility index (Phi) is 5.38. The molecule has 1 aromatic rings. The molecule has 1 amide bonds. The number of hydrogen-bond donors (Lipinski definition) is 1. The molecule has 0 bridgehead atoms. The first-order valence-electron chi connectivity index (χ1n) is 6.57. The number of likely N-dealkylation sites (tertiary alicyclic amines) is 1. The highest BCUT2D eigenvalue weighted by molar-refractivity contribution is 5.96. The maximum atomic E-state index is 12.6. The number of carbonyl (C=O) groups excluding carboxylic acids is 1. The van der Waals surface area contributed by atoms with Gasteiger partial charge in [0.15, 0.2) is 0 Å². The van der Waals surface area contributed by atoms with Crippen molar-refractivity contribution in [2.45, 2.75) is 39.2 Å². The Labute approximate surface area is 120 Å². The minimum Gasteiger partial charge on any atom is -0.334 e. The third-order valence-electron chi connectivity index (χ3n) is 3.88. The van der Waals surface area contributed by atoms with Crippen LogP contribution in [0.2, 0.25) is 0 Å². The fourth-order valence-corrected chi connectivity index (χ4v) is 2.74. The Balaban J connectivity index is 0.00000180. The zero-order valence-electron chi connectivity index (χ0n) is 11.8. The Bertz CT molecular complexity index is 458. The smallest absolute Gasteiger partial charge is 0.257 e. The van der Waals surface area contributed by atoms with Gasteiger partial charge in [-0.05, 0) is 33.1 Å². The van der Waals surface area contributed by atoms with Crippen molar-refractivity contribution in [2.75, 3.05) is 13.1 Å². The van der Waals surface area contributed by atoms with Gasteiger partial charge in [0.2, 0.25) is 0 Å². The number of rotatable bonds is 2. The van der Waals surface area contributed by atoms with Crippen LogP contribution in [0.1, 0.15) is 41.0 Å². The minimum atomic E-state index is 0. The molecule has 108 valence electrons. The molecule has 1 aliphatic heterocycles. The number of amides is 1. The van der Waals surface area contributed by atoms with E-state index >= 15 is 0 Å². The van der Waals surface area contributed by atoms with Gasteiger partial charge < -0.3 is 10.6 Å².